The molecule has 4 nitrogen and oxygen atoms in total. The van der Waals surface area contributed by atoms with E-state index in [9.17, 15) is 9.90 Å². The van der Waals surface area contributed by atoms with Gasteiger partial charge in [-0.1, -0.05) is 30.3 Å². The van der Waals surface area contributed by atoms with E-state index in [0.717, 1.165) is 11.3 Å². The Kier molecular flexibility index (Phi) is 3.23. The summed E-state index contributed by atoms with van der Waals surface area (Å²) in [4.78, 5) is 11.3. The highest BCUT2D eigenvalue weighted by Gasteiger charge is 2.21. The molecule has 1 heterocycles. The molecule has 2 aromatic rings. The number of nitrogens with zero attached hydrogens (tertiary/aromatic N) is 2. The molecule has 0 bridgehead atoms. The molecule has 0 aliphatic heterocycles. The summed E-state index contributed by atoms with van der Waals surface area (Å²) in [6.07, 6.45) is 2.13. The molecule has 17 heavy (non-hydrogen) atoms. The average molecular weight is 230 g/mol. The van der Waals surface area contributed by atoms with E-state index >= 15 is 0 Å². The minimum atomic E-state index is -0.808. The molecular weight excluding hydrogens is 216 g/mol. The second kappa shape index (κ2) is 4.82. The fraction of sp³-hybridized carbons (Fsp3) is 0.231. The van der Waals surface area contributed by atoms with Crippen LogP contribution >= 0.6 is 0 Å². The van der Waals surface area contributed by atoms with E-state index in [4.69, 9.17) is 0 Å². The first-order valence-electron chi connectivity index (χ1n) is 5.43. The van der Waals surface area contributed by atoms with Crippen molar-refractivity contribution >= 4 is 5.97 Å². The summed E-state index contributed by atoms with van der Waals surface area (Å²) in [5.41, 5.74) is 1.74. The number of aliphatic carboxylic acids is 1. The number of carboxylic acids is 1. The summed E-state index contributed by atoms with van der Waals surface area (Å²) in [5, 5.41) is 13.3. The Balaban J connectivity index is 2.26. The maximum absolute atomic E-state index is 11.3. The minimum absolute atomic E-state index is 0.454. The smallest absolute Gasteiger partial charge is 0.311 e. The first kappa shape index (κ1) is 11.4. The number of carbonyl (C=O) groups is 1. The summed E-state index contributed by atoms with van der Waals surface area (Å²) >= 11 is 0. The zero-order valence-electron chi connectivity index (χ0n) is 9.58. The number of benzene rings is 1. The zero-order chi connectivity index (χ0) is 12.3. The van der Waals surface area contributed by atoms with Crippen LogP contribution in [0.1, 0.15) is 17.2 Å². The van der Waals surface area contributed by atoms with E-state index in [2.05, 4.69) is 5.10 Å². The third kappa shape index (κ3) is 2.53. The van der Waals surface area contributed by atoms with Crippen LogP contribution in [0, 0.1) is 0 Å². The molecule has 1 unspecified atom stereocenters. The molecule has 0 fully saturated rings. The number of hydrogen-bond acceptors (Lipinski definition) is 2. The molecule has 2 rings (SSSR count). The zero-order valence-corrected chi connectivity index (χ0v) is 9.58. The van der Waals surface area contributed by atoms with E-state index in [0.29, 0.717) is 6.42 Å². The van der Waals surface area contributed by atoms with E-state index in [1.165, 1.54) is 0 Å². The fourth-order valence-electron chi connectivity index (χ4n) is 1.84. The molecule has 1 N–H and O–H groups in total. The van der Waals surface area contributed by atoms with Gasteiger partial charge in [0.05, 0.1) is 5.92 Å². The number of rotatable bonds is 4. The van der Waals surface area contributed by atoms with Crippen molar-refractivity contribution in [2.75, 3.05) is 0 Å². The van der Waals surface area contributed by atoms with Gasteiger partial charge in [-0.25, -0.2) is 0 Å². The van der Waals surface area contributed by atoms with Crippen molar-refractivity contribution in [2.45, 2.75) is 12.3 Å². The number of aromatic nitrogens is 2. The number of aryl methyl sites for hydroxylation is 1. The summed E-state index contributed by atoms with van der Waals surface area (Å²) < 4.78 is 1.71. The van der Waals surface area contributed by atoms with Crippen molar-refractivity contribution in [3.8, 4) is 0 Å². The highest BCUT2D eigenvalue weighted by Crippen LogP contribution is 2.20. The summed E-state index contributed by atoms with van der Waals surface area (Å²) in [6.45, 7) is 0. The molecule has 0 radical (unpaired) electrons. The van der Waals surface area contributed by atoms with Crippen LogP contribution < -0.4 is 0 Å². The van der Waals surface area contributed by atoms with Gasteiger partial charge in [-0.2, -0.15) is 5.10 Å². The Morgan fingerprint density at radius 3 is 2.59 bits per heavy atom. The van der Waals surface area contributed by atoms with Crippen molar-refractivity contribution in [3.05, 3.63) is 53.9 Å². The van der Waals surface area contributed by atoms with Crippen LogP contribution in [0.2, 0.25) is 0 Å². The second-order valence-electron chi connectivity index (χ2n) is 3.95. The van der Waals surface area contributed by atoms with Gasteiger partial charge in [-0.15, -0.1) is 0 Å². The molecule has 1 aromatic heterocycles. The SMILES string of the molecule is Cn1nccc1CC(C(=O)O)c1ccccc1. The number of hydrogen-bond donors (Lipinski definition) is 1. The maximum atomic E-state index is 11.3. The van der Waals surface area contributed by atoms with Crippen molar-refractivity contribution in [3.63, 3.8) is 0 Å². The standard InChI is InChI=1S/C13H14N2O2/c1-15-11(7-8-14-15)9-12(13(16)17)10-5-3-2-4-6-10/h2-8,12H,9H2,1H3,(H,16,17). The van der Waals surface area contributed by atoms with Crippen LogP contribution in [-0.4, -0.2) is 20.9 Å². The molecular formula is C13H14N2O2. The van der Waals surface area contributed by atoms with Crippen molar-refractivity contribution < 1.29 is 9.90 Å². The molecule has 0 spiro atoms. The summed E-state index contributed by atoms with van der Waals surface area (Å²) in [7, 11) is 1.82. The molecule has 1 atom stereocenters. The molecule has 4 heteroatoms. The molecule has 0 saturated heterocycles. The molecule has 1 aromatic carbocycles. The third-order valence-corrected chi connectivity index (χ3v) is 2.84. The van der Waals surface area contributed by atoms with Gasteiger partial charge in [0.15, 0.2) is 0 Å². The summed E-state index contributed by atoms with van der Waals surface area (Å²) in [5.74, 6) is -1.33. The van der Waals surface area contributed by atoms with Gasteiger partial charge < -0.3 is 5.11 Å². The maximum Gasteiger partial charge on any atom is 0.311 e. The van der Waals surface area contributed by atoms with Gasteiger partial charge in [0, 0.05) is 25.4 Å². The van der Waals surface area contributed by atoms with Gasteiger partial charge in [0.1, 0.15) is 0 Å². The molecule has 88 valence electrons. The molecule has 0 amide bonds. The topological polar surface area (TPSA) is 55.1 Å². The van der Waals surface area contributed by atoms with Gasteiger partial charge in [0.25, 0.3) is 0 Å². The van der Waals surface area contributed by atoms with Crippen molar-refractivity contribution in [1.29, 1.82) is 0 Å². The molecule has 0 aliphatic carbocycles. The summed E-state index contributed by atoms with van der Waals surface area (Å²) in [6, 6.07) is 11.1. The first-order chi connectivity index (χ1) is 8.18. The minimum Gasteiger partial charge on any atom is -0.481 e. The Bertz CT molecular complexity index is 505. The van der Waals surface area contributed by atoms with Crippen LogP contribution in [0.3, 0.4) is 0 Å². The predicted molar refractivity (Wildman–Crippen MR) is 63.7 cm³/mol. The van der Waals surface area contributed by atoms with Gasteiger partial charge in [-0.05, 0) is 11.6 Å². The lowest BCUT2D eigenvalue weighted by Gasteiger charge is -2.12. The second-order valence-corrected chi connectivity index (χ2v) is 3.95. The van der Waals surface area contributed by atoms with Crippen LogP contribution in [0.5, 0.6) is 0 Å². The first-order valence-corrected chi connectivity index (χ1v) is 5.43. The highest BCUT2D eigenvalue weighted by molar-refractivity contribution is 5.76. The Labute approximate surface area is 99.5 Å². The van der Waals surface area contributed by atoms with Crippen LogP contribution in [-0.2, 0) is 18.3 Å². The largest absolute Gasteiger partial charge is 0.481 e. The number of carboxylic acid groups (broad SMARTS) is 1. The van der Waals surface area contributed by atoms with Crippen molar-refractivity contribution in [2.24, 2.45) is 7.05 Å². The fourth-order valence-corrected chi connectivity index (χ4v) is 1.84. The van der Waals surface area contributed by atoms with Crippen molar-refractivity contribution in [1.82, 2.24) is 9.78 Å². The normalized spacial score (nSPS) is 12.3. The van der Waals surface area contributed by atoms with E-state index < -0.39 is 11.9 Å². The van der Waals surface area contributed by atoms with Gasteiger partial charge in [0.2, 0.25) is 0 Å². The highest BCUT2D eigenvalue weighted by atomic mass is 16.4. The van der Waals surface area contributed by atoms with Crippen LogP contribution in [0.4, 0.5) is 0 Å². The van der Waals surface area contributed by atoms with E-state index in [1.54, 1.807) is 10.9 Å². The van der Waals surface area contributed by atoms with E-state index in [-0.39, 0.29) is 0 Å². The van der Waals surface area contributed by atoms with Crippen LogP contribution in [0.15, 0.2) is 42.6 Å². The Morgan fingerprint density at radius 2 is 2.06 bits per heavy atom. The molecule has 0 saturated carbocycles. The third-order valence-electron chi connectivity index (χ3n) is 2.84. The van der Waals surface area contributed by atoms with Gasteiger partial charge >= 0.3 is 5.97 Å². The van der Waals surface area contributed by atoms with Gasteiger partial charge in [-0.3, -0.25) is 9.48 Å². The Hall–Kier alpha value is -2.10. The average Bonchev–Trinajstić information content (AvgIpc) is 2.72. The monoisotopic (exact) mass is 230 g/mol. The quantitative estimate of drug-likeness (QED) is 0.871. The Morgan fingerprint density at radius 1 is 1.35 bits per heavy atom. The lowest BCUT2D eigenvalue weighted by atomic mass is 9.94. The van der Waals surface area contributed by atoms with Crippen LogP contribution in [0.25, 0.3) is 0 Å². The predicted octanol–water partition coefficient (Wildman–Crippen LogP) is 1.83. The lowest BCUT2D eigenvalue weighted by molar-refractivity contribution is -0.138. The van der Waals surface area contributed by atoms with E-state index in [1.807, 2.05) is 43.4 Å². The lowest BCUT2D eigenvalue weighted by Crippen LogP contribution is -2.16. The molecule has 0 aliphatic rings.